The van der Waals surface area contributed by atoms with Gasteiger partial charge in [-0.3, -0.25) is 9.88 Å². The summed E-state index contributed by atoms with van der Waals surface area (Å²) in [6, 6.07) is 4.77. The van der Waals surface area contributed by atoms with E-state index >= 15 is 0 Å². The molecule has 0 radical (unpaired) electrons. The first-order valence-corrected chi connectivity index (χ1v) is 6.84. The second kappa shape index (κ2) is 5.63. The highest BCUT2D eigenvalue weighted by Gasteiger charge is 2.26. The van der Waals surface area contributed by atoms with Crippen molar-refractivity contribution in [3.8, 4) is 0 Å². The summed E-state index contributed by atoms with van der Waals surface area (Å²) < 4.78 is 0. The van der Waals surface area contributed by atoms with Crippen LogP contribution in [0.25, 0.3) is 0 Å². The molecule has 1 aromatic rings. The van der Waals surface area contributed by atoms with Crippen LogP contribution in [0.3, 0.4) is 0 Å². The molecule has 0 amide bonds. The first kappa shape index (κ1) is 12.6. The fourth-order valence-electron chi connectivity index (χ4n) is 2.83. The highest BCUT2D eigenvalue weighted by atomic mass is 15.2. The van der Waals surface area contributed by atoms with Crippen LogP contribution in [0.1, 0.15) is 50.4 Å². The van der Waals surface area contributed by atoms with Crippen LogP contribution in [0, 0.1) is 12.8 Å². The largest absolute Gasteiger partial charge is 0.295 e. The van der Waals surface area contributed by atoms with E-state index in [-0.39, 0.29) is 0 Å². The van der Waals surface area contributed by atoms with Gasteiger partial charge < -0.3 is 0 Å². The van der Waals surface area contributed by atoms with Gasteiger partial charge in [-0.1, -0.05) is 26.3 Å². The van der Waals surface area contributed by atoms with E-state index in [1.54, 1.807) is 0 Å². The van der Waals surface area contributed by atoms with Crippen molar-refractivity contribution in [3.63, 3.8) is 0 Å². The van der Waals surface area contributed by atoms with Gasteiger partial charge in [0.2, 0.25) is 0 Å². The van der Waals surface area contributed by atoms with Crippen LogP contribution in [0.4, 0.5) is 0 Å². The third kappa shape index (κ3) is 3.06. The number of aryl methyl sites for hydroxylation is 1. The molecule has 2 rings (SSSR count). The number of likely N-dealkylation sites (tertiary alicyclic amines) is 1. The van der Waals surface area contributed by atoms with Crippen LogP contribution in [0.2, 0.25) is 0 Å². The summed E-state index contributed by atoms with van der Waals surface area (Å²) in [7, 11) is 0. The van der Waals surface area contributed by atoms with Crippen LogP contribution in [-0.2, 0) is 0 Å². The van der Waals surface area contributed by atoms with Gasteiger partial charge in [-0.25, -0.2) is 0 Å². The summed E-state index contributed by atoms with van der Waals surface area (Å²) in [6.07, 6.45) is 5.89. The lowest BCUT2D eigenvalue weighted by Crippen LogP contribution is -2.36. The lowest BCUT2D eigenvalue weighted by Gasteiger charge is -2.37. The van der Waals surface area contributed by atoms with Gasteiger partial charge in [-0.2, -0.15) is 0 Å². The molecular weight excluding hydrogens is 208 g/mol. The number of piperidine rings is 1. The highest BCUT2D eigenvalue weighted by Crippen LogP contribution is 2.31. The Morgan fingerprint density at radius 1 is 1.41 bits per heavy atom. The Morgan fingerprint density at radius 3 is 2.94 bits per heavy atom. The summed E-state index contributed by atoms with van der Waals surface area (Å²) in [5, 5.41) is 0. The molecule has 2 heterocycles. The number of hydrogen-bond donors (Lipinski definition) is 0. The Labute approximate surface area is 105 Å². The van der Waals surface area contributed by atoms with Crippen molar-refractivity contribution in [2.24, 2.45) is 5.92 Å². The number of pyridine rings is 1. The molecular formula is C15H24N2. The van der Waals surface area contributed by atoms with Crippen LogP contribution in [0.15, 0.2) is 18.3 Å². The predicted octanol–water partition coefficient (Wildman–Crippen LogP) is 3.57. The lowest BCUT2D eigenvalue weighted by atomic mass is 9.95. The van der Waals surface area contributed by atoms with Crippen molar-refractivity contribution in [2.45, 2.75) is 46.1 Å². The lowest BCUT2D eigenvalue weighted by molar-refractivity contribution is 0.129. The van der Waals surface area contributed by atoms with E-state index in [1.807, 2.05) is 12.3 Å². The summed E-state index contributed by atoms with van der Waals surface area (Å²) in [5.41, 5.74) is 2.64. The van der Waals surface area contributed by atoms with Gasteiger partial charge in [0.05, 0.1) is 11.7 Å². The van der Waals surface area contributed by atoms with Gasteiger partial charge in [0.15, 0.2) is 0 Å². The fraction of sp³-hybridized carbons (Fsp3) is 0.667. The third-order valence-corrected chi connectivity index (χ3v) is 3.58. The maximum Gasteiger partial charge on any atom is 0.0604 e. The molecule has 0 N–H and O–H groups in total. The smallest absolute Gasteiger partial charge is 0.0604 e. The molecule has 0 bridgehead atoms. The van der Waals surface area contributed by atoms with Crippen LogP contribution < -0.4 is 0 Å². The van der Waals surface area contributed by atoms with Gasteiger partial charge in [0.1, 0.15) is 0 Å². The van der Waals surface area contributed by atoms with Crippen molar-refractivity contribution in [2.75, 3.05) is 13.1 Å². The van der Waals surface area contributed by atoms with Crippen molar-refractivity contribution < 1.29 is 0 Å². The quantitative estimate of drug-likeness (QED) is 0.792. The maximum atomic E-state index is 4.62. The Bertz CT molecular complexity index is 360. The summed E-state index contributed by atoms with van der Waals surface area (Å²) in [4.78, 5) is 7.25. The third-order valence-electron chi connectivity index (χ3n) is 3.58. The van der Waals surface area contributed by atoms with E-state index in [1.165, 1.54) is 43.6 Å². The Kier molecular flexibility index (Phi) is 4.16. The molecule has 0 aromatic carbocycles. The zero-order valence-corrected chi connectivity index (χ0v) is 11.3. The van der Waals surface area contributed by atoms with E-state index in [0.29, 0.717) is 6.04 Å². The minimum Gasteiger partial charge on any atom is -0.295 e. The van der Waals surface area contributed by atoms with E-state index in [9.17, 15) is 0 Å². The molecule has 1 saturated heterocycles. The molecule has 2 heteroatoms. The van der Waals surface area contributed by atoms with E-state index in [0.717, 1.165) is 5.92 Å². The van der Waals surface area contributed by atoms with Gasteiger partial charge in [0.25, 0.3) is 0 Å². The van der Waals surface area contributed by atoms with Crippen molar-refractivity contribution in [1.82, 2.24) is 9.88 Å². The first-order chi connectivity index (χ1) is 8.18. The summed E-state index contributed by atoms with van der Waals surface area (Å²) in [6.45, 7) is 9.22. The Hall–Kier alpha value is -0.890. The van der Waals surface area contributed by atoms with Crippen molar-refractivity contribution in [1.29, 1.82) is 0 Å². The molecule has 0 unspecified atom stereocenters. The highest BCUT2D eigenvalue weighted by molar-refractivity contribution is 5.21. The number of aromatic nitrogens is 1. The predicted molar refractivity (Wildman–Crippen MR) is 72.0 cm³/mol. The monoisotopic (exact) mass is 232 g/mol. The topological polar surface area (TPSA) is 16.1 Å². The molecule has 17 heavy (non-hydrogen) atoms. The Morgan fingerprint density at radius 2 is 2.24 bits per heavy atom. The first-order valence-electron chi connectivity index (χ1n) is 6.84. The van der Waals surface area contributed by atoms with Gasteiger partial charge in [-0.15, -0.1) is 0 Å². The molecule has 1 aliphatic rings. The van der Waals surface area contributed by atoms with Crippen LogP contribution in [0.5, 0.6) is 0 Å². The second-order valence-electron chi connectivity index (χ2n) is 5.61. The zero-order valence-electron chi connectivity index (χ0n) is 11.3. The molecule has 1 atom stereocenters. The van der Waals surface area contributed by atoms with Gasteiger partial charge >= 0.3 is 0 Å². The molecule has 1 aliphatic heterocycles. The van der Waals surface area contributed by atoms with Crippen molar-refractivity contribution >= 4 is 0 Å². The molecule has 0 aliphatic carbocycles. The minimum absolute atomic E-state index is 0.548. The Balaban J connectivity index is 2.19. The van der Waals surface area contributed by atoms with E-state index < -0.39 is 0 Å². The number of hydrogen-bond acceptors (Lipinski definition) is 2. The average molecular weight is 232 g/mol. The van der Waals surface area contributed by atoms with Crippen LogP contribution in [-0.4, -0.2) is 23.0 Å². The van der Waals surface area contributed by atoms with Gasteiger partial charge in [-0.05, 0) is 43.9 Å². The summed E-state index contributed by atoms with van der Waals surface area (Å²) in [5.74, 6) is 0.736. The SMILES string of the molecule is Cc1cccnc1[C@H]1CCCCN1CC(C)C. The molecule has 0 saturated carbocycles. The van der Waals surface area contributed by atoms with Crippen LogP contribution >= 0.6 is 0 Å². The minimum atomic E-state index is 0.548. The standard InChI is InChI=1S/C15H24N2/c1-12(2)11-17-10-5-4-8-14(17)15-13(3)7-6-9-16-15/h6-7,9,12,14H,4-5,8,10-11H2,1-3H3/t14-/m1/s1. The zero-order chi connectivity index (χ0) is 12.3. The number of rotatable bonds is 3. The van der Waals surface area contributed by atoms with Crippen molar-refractivity contribution in [3.05, 3.63) is 29.6 Å². The molecule has 1 fully saturated rings. The van der Waals surface area contributed by atoms with Gasteiger partial charge in [0, 0.05) is 12.7 Å². The second-order valence-corrected chi connectivity index (χ2v) is 5.61. The molecule has 2 nitrogen and oxygen atoms in total. The fourth-order valence-corrected chi connectivity index (χ4v) is 2.83. The normalized spacial score (nSPS) is 22.0. The molecule has 1 aromatic heterocycles. The van der Waals surface area contributed by atoms with E-state index in [2.05, 4.69) is 36.7 Å². The maximum absolute atomic E-state index is 4.62. The molecule has 0 spiro atoms. The molecule has 94 valence electrons. The average Bonchev–Trinajstić information content (AvgIpc) is 2.30. The van der Waals surface area contributed by atoms with E-state index in [4.69, 9.17) is 0 Å². The summed E-state index contributed by atoms with van der Waals surface area (Å²) >= 11 is 0. The number of nitrogens with zero attached hydrogens (tertiary/aromatic N) is 2.